The van der Waals surface area contributed by atoms with Gasteiger partial charge in [0.15, 0.2) is 4.96 Å². The molecule has 3 aromatic rings. The van der Waals surface area contributed by atoms with Crippen LogP contribution in [0.5, 0.6) is 0 Å². The van der Waals surface area contributed by atoms with E-state index in [4.69, 9.17) is 4.98 Å². The van der Waals surface area contributed by atoms with E-state index in [2.05, 4.69) is 54.9 Å². The quantitative estimate of drug-likeness (QED) is 0.244. The molecule has 0 unspecified atom stereocenters. The Bertz CT molecular complexity index is 797. The largest absolute Gasteiger partial charge is 0.297 e. The van der Waals surface area contributed by atoms with Crippen LogP contribution >= 0.6 is 11.3 Å². The standard InChI is InChI=1S/C26H38N2S/c1-3-5-7-9-11-12-14-22-16-18-23(19-17-22)25-21-28-20-24(29-26(28)27-25)15-13-10-8-6-4-2/h16-21H,3-15H2,1-2H3. The molecule has 2 nitrogen and oxygen atoms in total. The van der Waals surface area contributed by atoms with Crippen molar-refractivity contribution in [1.82, 2.24) is 9.38 Å². The van der Waals surface area contributed by atoms with Gasteiger partial charge in [-0.3, -0.25) is 4.40 Å². The number of imidazole rings is 1. The van der Waals surface area contributed by atoms with E-state index in [-0.39, 0.29) is 0 Å². The normalized spacial score (nSPS) is 11.5. The average Bonchev–Trinajstić information content (AvgIpc) is 3.30. The summed E-state index contributed by atoms with van der Waals surface area (Å²) in [6, 6.07) is 9.06. The van der Waals surface area contributed by atoms with Crippen molar-refractivity contribution >= 4 is 16.3 Å². The summed E-state index contributed by atoms with van der Waals surface area (Å²) < 4.78 is 2.21. The van der Waals surface area contributed by atoms with E-state index >= 15 is 0 Å². The maximum atomic E-state index is 4.88. The molecule has 0 radical (unpaired) electrons. The predicted molar refractivity (Wildman–Crippen MR) is 128 cm³/mol. The topological polar surface area (TPSA) is 17.3 Å². The van der Waals surface area contributed by atoms with Crippen LogP contribution in [0, 0.1) is 0 Å². The van der Waals surface area contributed by atoms with Gasteiger partial charge >= 0.3 is 0 Å². The van der Waals surface area contributed by atoms with Crippen LogP contribution < -0.4 is 0 Å². The number of nitrogens with zero attached hydrogens (tertiary/aromatic N) is 2. The number of thiazole rings is 1. The zero-order valence-corrected chi connectivity index (χ0v) is 19.3. The second kappa shape index (κ2) is 12.2. The molecule has 0 bridgehead atoms. The lowest BCUT2D eigenvalue weighted by molar-refractivity contribution is 0.607. The summed E-state index contributed by atoms with van der Waals surface area (Å²) >= 11 is 1.85. The van der Waals surface area contributed by atoms with Gasteiger partial charge in [0.05, 0.1) is 5.69 Å². The van der Waals surface area contributed by atoms with Crippen molar-refractivity contribution in [3.63, 3.8) is 0 Å². The summed E-state index contributed by atoms with van der Waals surface area (Å²) in [6.07, 6.45) is 21.7. The molecule has 3 rings (SSSR count). The molecule has 0 amide bonds. The third-order valence-corrected chi connectivity index (χ3v) is 6.86. The van der Waals surface area contributed by atoms with Crippen LogP contribution in [0.4, 0.5) is 0 Å². The van der Waals surface area contributed by atoms with Crippen molar-refractivity contribution in [3.05, 3.63) is 47.1 Å². The summed E-state index contributed by atoms with van der Waals surface area (Å²) in [4.78, 5) is 7.46. The molecule has 0 atom stereocenters. The Labute approximate surface area is 181 Å². The van der Waals surface area contributed by atoms with Crippen molar-refractivity contribution in [2.24, 2.45) is 0 Å². The third kappa shape index (κ3) is 6.99. The van der Waals surface area contributed by atoms with Gasteiger partial charge in [-0.1, -0.05) is 95.9 Å². The molecular weight excluding hydrogens is 372 g/mol. The summed E-state index contributed by atoms with van der Waals surface area (Å²) in [5.41, 5.74) is 3.78. The van der Waals surface area contributed by atoms with Crippen LogP contribution in [0.25, 0.3) is 16.2 Å². The fraction of sp³-hybridized carbons (Fsp3) is 0.577. The lowest BCUT2D eigenvalue weighted by Crippen LogP contribution is -1.87. The van der Waals surface area contributed by atoms with Gasteiger partial charge in [-0.05, 0) is 31.2 Å². The molecule has 1 aromatic carbocycles. The Hall–Kier alpha value is -1.61. The van der Waals surface area contributed by atoms with Crippen LogP contribution in [0.2, 0.25) is 0 Å². The SMILES string of the molecule is CCCCCCCCc1ccc(-c2cn3cc(CCCCCCC)sc3n2)cc1. The maximum absolute atomic E-state index is 4.88. The van der Waals surface area contributed by atoms with Crippen molar-refractivity contribution in [1.29, 1.82) is 0 Å². The summed E-state index contributed by atoms with van der Waals surface area (Å²) in [5, 5.41) is 0. The maximum Gasteiger partial charge on any atom is 0.194 e. The Morgan fingerprint density at radius 2 is 1.34 bits per heavy atom. The highest BCUT2D eigenvalue weighted by atomic mass is 32.1. The predicted octanol–water partition coefficient (Wildman–Crippen LogP) is 8.48. The van der Waals surface area contributed by atoms with Gasteiger partial charge in [-0.25, -0.2) is 4.98 Å². The van der Waals surface area contributed by atoms with Gasteiger partial charge < -0.3 is 0 Å². The summed E-state index contributed by atoms with van der Waals surface area (Å²) in [5.74, 6) is 0. The van der Waals surface area contributed by atoms with Crippen LogP contribution in [-0.4, -0.2) is 9.38 Å². The molecule has 29 heavy (non-hydrogen) atoms. The molecule has 0 aliphatic carbocycles. The van der Waals surface area contributed by atoms with Gasteiger partial charge in [0, 0.05) is 22.8 Å². The second-order valence-corrected chi connectivity index (χ2v) is 9.49. The number of hydrogen-bond donors (Lipinski definition) is 0. The first-order chi connectivity index (χ1) is 14.3. The van der Waals surface area contributed by atoms with E-state index in [0.717, 1.165) is 10.7 Å². The van der Waals surface area contributed by atoms with Crippen LogP contribution in [-0.2, 0) is 12.8 Å². The fourth-order valence-corrected chi connectivity index (χ4v) is 4.95. The first-order valence-corrected chi connectivity index (χ1v) is 12.7. The average molecular weight is 411 g/mol. The Balaban J connectivity index is 1.48. The van der Waals surface area contributed by atoms with E-state index in [1.165, 1.54) is 99.5 Å². The molecule has 0 saturated heterocycles. The van der Waals surface area contributed by atoms with E-state index in [1.54, 1.807) is 0 Å². The lowest BCUT2D eigenvalue weighted by Gasteiger charge is -2.03. The highest BCUT2D eigenvalue weighted by molar-refractivity contribution is 7.17. The molecule has 0 saturated carbocycles. The zero-order chi connectivity index (χ0) is 20.3. The van der Waals surface area contributed by atoms with Gasteiger partial charge in [0.25, 0.3) is 0 Å². The highest BCUT2D eigenvalue weighted by Gasteiger charge is 2.08. The van der Waals surface area contributed by atoms with E-state index in [1.807, 2.05) is 11.3 Å². The third-order valence-electron chi connectivity index (χ3n) is 5.80. The molecule has 0 fully saturated rings. The molecule has 3 heteroatoms. The fourth-order valence-electron chi connectivity index (χ4n) is 3.95. The minimum absolute atomic E-state index is 1.09. The molecule has 2 aromatic heterocycles. The van der Waals surface area contributed by atoms with Gasteiger partial charge in [0.2, 0.25) is 0 Å². The molecule has 2 heterocycles. The molecule has 0 aliphatic rings. The number of unbranched alkanes of at least 4 members (excludes halogenated alkanes) is 9. The van der Waals surface area contributed by atoms with Gasteiger partial charge in [-0.15, -0.1) is 11.3 Å². The molecular formula is C26H38N2S. The van der Waals surface area contributed by atoms with Gasteiger partial charge in [-0.2, -0.15) is 0 Å². The molecule has 0 N–H and O–H groups in total. The van der Waals surface area contributed by atoms with Crippen molar-refractivity contribution in [2.75, 3.05) is 0 Å². The Morgan fingerprint density at radius 1 is 0.724 bits per heavy atom. The summed E-state index contributed by atoms with van der Waals surface area (Å²) in [7, 11) is 0. The second-order valence-electron chi connectivity index (χ2n) is 8.39. The number of fused-ring (bicyclic) bond motifs is 1. The number of hydrogen-bond acceptors (Lipinski definition) is 2. The minimum atomic E-state index is 1.09. The van der Waals surface area contributed by atoms with E-state index in [0.29, 0.717) is 0 Å². The Morgan fingerprint density at radius 3 is 2.00 bits per heavy atom. The van der Waals surface area contributed by atoms with E-state index in [9.17, 15) is 0 Å². The minimum Gasteiger partial charge on any atom is -0.297 e. The first kappa shape index (κ1) is 22.1. The zero-order valence-electron chi connectivity index (χ0n) is 18.5. The lowest BCUT2D eigenvalue weighted by atomic mass is 10.0. The number of rotatable bonds is 14. The van der Waals surface area contributed by atoms with Crippen LogP contribution in [0.1, 0.15) is 94.9 Å². The monoisotopic (exact) mass is 410 g/mol. The van der Waals surface area contributed by atoms with Gasteiger partial charge in [0.1, 0.15) is 0 Å². The number of benzene rings is 1. The van der Waals surface area contributed by atoms with E-state index < -0.39 is 0 Å². The molecule has 158 valence electrons. The highest BCUT2D eigenvalue weighted by Crippen LogP contribution is 2.25. The van der Waals surface area contributed by atoms with Crippen molar-refractivity contribution in [3.8, 4) is 11.3 Å². The molecule has 0 aliphatic heterocycles. The van der Waals surface area contributed by atoms with Crippen LogP contribution in [0.15, 0.2) is 36.7 Å². The first-order valence-electron chi connectivity index (χ1n) is 11.9. The number of aromatic nitrogens is 2. The van der Waals surface area contributed by atoms with Crippen molar-refractivity contribution in [2.45, 2.75) is 97.3 Å². The Kier molecular flexibility index (Phi) is 9.27. The smallest absolute Gasteiger partial charge is 0.194 e. The summed E-state index contributed by atoms with van der Waals surface area (Å²) in [6.45, 7) is 4.55. The molecule has 0 spiro atoms. The number of aryl methyl sites for hydroxylation is 2. The van der Waals surface area contributed by atoms with Crippen molar-refractivity contribution < 1.29 is 0 Å². The van der Waals surface area contributed by atoms with Crippen LogP contribution in [0.3, 0.4) is 0 Å².